The highest BCUT2D eigenvalue weighted by molar-refractivity contribution is 9.10. The average Bonchev–Trinajstić information content (AvgIpc) is 2.78. The van der Waals surface area contributed by atoms with Crippen LogP contribution in [-0.2, 0) is 16.4 Å². The molecule has 0 saturated carbocycles. The highest BCUT2D eigenvalue weighted by Gasteiger charge is 2.17. The second-order valence-corrected chi connectivity index (χ2v) is 7.85. The SMILES string of the molecule is Cc1nc(CCNS(=O)(=O)c2cc(N)ccc2Br)cs1. The molecule has 1 heterocycles. The predicted octanol–water partition coefficient (Wildman–Crippen LogP) is 2.32. The van der Waals surface area contributed by atoms with Crippen molar-refractivity contribution >= 4 is 43.0 Å². The number of hydrogen-bond acceptors (Lipinski definition) is 5. The molecule has 1 aromatic carbocycles. The minimum atomic E-state index is -3.58. The zero-order valence-electron chi connectivity index (χ0n) is 10.8. The van der Waals surface area contributed by atoms with Gasteiger partial charge >= 0.3 is 0 Å². The third kappa shape index (κ3) is 3.78. The van der Waals surface area contributed by atoms with Crippen LogP contribution >= 0.6 is 27.3 Å². The topological polar surface area (TPSA) is 85.1 Å². The monoisotopic (exact) mass is 375 g/mol. The van der Waals surface area contributed by atoms with E-state index in [4.69, 9.17) is 5.73 Å². The quantitative estimate of drug-likeness (QED) is 0.785. The number of sulfonamides is 1. The summed E-state index contributed by atoms with van der Waals surface area (Å²) in [7, 11) is -3.58. The number of halogens is 1. The van der Waals surface area contributed by atoms with Gasteiger partial charge in [0.15, 0.2) is 0 Å². The molecule has 2 rings (SSSR count). The Labute approximate surface area is 130 Å². The van der Waals surface area contributed by atoms with Gasteiger partial charge < -0.3 is 5.73 Å². The number of benzene rings is 1. The highest BCUT2D eigenvalue weighted by Crippen LogP contribution is 2.24. The number of nitrogens with zero attached hydrogens (tertiary/aromatic N) is 1. The summed E-state index contributed by atoms with van der Waals surface area (Å²) in [4.78, 5) is 4.43. The molecule has 0 saturated heterocycles. The molecule has 3 N–H and O–H groups in total. The van der Waals surface area contributed by atoms with E-state index in [1.54, 1.807) is 23.5 Å². The Bertz CT molecular complexity index is 713. The number of hydrogen-bond donors (Lipinski definition) is 2. The van der Waals surface area contributed by atoms with Crippen LogP contribution in [0.2, 0.25) is 0 Å². The number of nitrogens with one attached hydrogen (secondary N) is 1. The van der Waals surface area contributed by atoms with Gasteiger partial charge in [0, 0.05) is 28.5 Å². The van der Waals surface area contributed by atoms with Crippen LogP contribution < -0.4 is 10.5 Å². The predicted molar refractivity (Wildman–Crippen MR) is 84.3 cm³/mol. The fraction of sp³-hybridized carbons (Fsp3) is 0.250. The van der Waals surface area contributed by atoms with Crippen LogP contribution in [0.1, 0.15) is 10.7 Å². The van der Waals surface area contributed by atoms with Gasteiger partial charge in [0.1, 0.15) is 0 Å². The van der Waals surface area contributed by atoms with Crippen LogP contribution in [0.5, 0.6) is 0 Å². The van der Waals surface area contributed by atoms with Crippen molar-refractivity contribution in [3.8, 4) is 0 Å². The van der Waals surface area contributed by atoms with E-state index in [0.717, 1.165) is 10.7 Å². The lowest BCUT2D eigenvalue weighted by Crippen LogP contribution is -2.26. The van der Waals surface area contributed by atoms with Crippen molar-refractivity contribution in [2.45, 2.75) is 18.2 Å². The zero-order chi connectivity index (χ0) is 14.8. The summed E-state index contributed by atoms with van der Waals surface area (Å²) in [5, 5.41) is 2.90. The second kappa shape index (κ2) is 6.21. The Hall–Kier alpha value is -0.960. The lowest BCUT2D eigenvalue weighted by Gasteiger charge is -2.08. The number of anilines is 1. The van der Waals surface area contributed by atoms with Gasteiger partial charge in [-0.3, -0.25) is 0 Å². The largest absolute Gasteiger partial charge is 0.399 e. The van der Waals surface area contributed by atoms with Crippen LogP contribution in [0.4, 0.5) is 5.69 Å². The van der Waals surface area contributed by atoms with E-state index in [1.165, 1.54) is 6.07 Å². The molecular weight excluding hydrogens is 362 g/mol. The first-order valence-electron chi connectivity index (χ1n) is 5.84. The fourth-order valence-corrected chi connectivity index (χ4v) is 4.32. The molecule has 0 aliphatic heterocycles. The number of thiazole rings is 1. The number of nitrogens with two attached hydrogens (primary N) is 1. The van der Waals surface area contributed by atoms with E-state index in [9.17, 15) is 8.42 Å². The average molecular weight is 376 g/mol. The molecule has 1 aromatic heterocycles. The summed E-state index contributed by atoms with van der Waals surface area (Å²) in [6.45, 7) is 2.22. The van der Waals surface area contributed by atoms with Crippen LogP contribution in [-0.4, -0.2) is 19.9 Å². The molecule has 0 aliphatic carbocycles. The molecule has 20 heavy (non-hydrogen) atoms. The first kappa shape index (κ1) is 15.4. The van der Waals surface area contributed by atoms with Gasteiger partial charge in [-0.05, 0) is 41.1 Å². The van der Waals surface area contributed by atoms with Crippen molar-refractivity contribution in [1.29, 1.82) is 0 Å². The van der Waals surface area contributed by atoms with Gasteiger partial charge in [-0.1, -0.05) is 0 Å². The Morgan fingerprint density at radius 2 is 2.20 bits per heavy atom. The molecule has 0 atom stereocenters. The molecule has 0 fully saturated rings. The maximum absolute atomic E-state index is 12.2. The maximum Gasteiger partial charge on any atom is 0.241 e. The maximum atomic E-state index is 12.2. The molecule has 8 heteroatoms. The van der Waals surface area contributed by atoms with Crippen LogP contribution in [0.25, 0.3) is 0 Å². The Kier molecular flexibility index (Phi) is 4.79. The van der Waals surface area contributed by atoms with Gasteiger partial charge in [0.2, 0.25) is 10.0 Å². The van der Waals surface area contributed by atoms with Gasteiger partial charge in [0.25, 0.3) is 0 Å². The molecule has 5 nitrogen and oxygen atoms in total. The minimum Gasteiger partial charge on any atom is -0.399 e. The Balaban J connectivity index is 2.06. The summed E-state index contributed by atoms with van der Waals surface area (Å²) in [6.07, 6.45) is 0.559. The summed E-state index contributed by atoms with van der Waals surface area (Å²) >= 11 is 4.77. The van der Waals surface area contributed by atoms with Gasteiger partial charge in [-0.25, -0.2) is 18.1 Å². The van der Waals surface area contributed by atoms with Crippen molar-refractivity contribution < 1.29 is 8.42 Å². The minimum absolute atomic E-state index is 0.145. The first-order valence-corrected chi connectivity index (χ1v) is 9.00. The molecule has 0 bridgehead atoms. The molecule has 0 unspecified atom stereocenters. The number of aryl methyl sites for hydroxylation is 1. The molecular formula is C12H14BrN3O2S2. The van der Waals surface area contributed by atoms with Crippen LogP contribution in [0.3, 0.4) is 0 Å². The van der Waals surface area contributed by atoms with E-state index in [2.05, 4.69) is 25.6 Å². The fourth-order valence-electron chi connectivity index (χ4n) is 1.64. The molecule has 0 spiro atoms. The summed E-state index contributed by atoms with van der Waals surface area (Å²) in [6, 6.07) is 4.69. The van der Waals surface area contributed by atoms with Gasteiger partial charge in [-0.15, -0.1) is 11.3 Å². The summed E-state index contributed by atoms with van der Waals surface area (Å²) in [5.41, 5.74) is 6.92. The number of nitrogen functional groups attached to an aromatic ring is 1. The van der Waals surface area contributed by atoms with E-state index >= 15 is 0 Å². The highest BCUT2D eigenvalue weighted by atomic mass is 79.9. The zero-order valence-corrected chi connectivity index (χ0v) is 14.0. The van der Waals surface area contributed by atoms with Crippen molar-refractivity contribution in [3.05, 3.63) is 38.8 Å². The molecule has 0 amide bonds. The lowest BCUT2D eigenvalue weighted by atomic mass is 10.3. The second-order valence-electron chi connectivity index (χ2n) is 4.20. The standard InChI is InChI=1S/C12H14BrN3O2S2/c1-8-16-10(7-19-8)4-5-15-20(17,18)12-6-9(14)2-3-11(12)13/h2-3,6-7,15H,4-5,14H2,1H3. The van der Waals surface area contributed by atoms with E-state index in [1.807, 2.05) is 12.3 Å². The smallest absolute Gasteiger partial charge is 0.241 e. The molecule has 108 valence electrons. The molecule has 0 aliphatic rings. The van der Waals surface area contributed by atoms with E-state index < -0.39 is 10.0 Å². The van der Waals surface area contributed by atoms with Crippen LogP contribution in [0, 0.1) is 6.92 Å². The first-order chi connectivity index (χ1) is 9.38. The number of aromatic nitrogens is 1. The van der Waals surface area contributed by atoms with Crippen molar-refractivity contribution in [2.24, 2.45) is 0 Å². The van der Waals surface area contributed by atoms with Crippen molar-refractivity contribution in [1.82, 2.24) is 9.71 Å². The van der Waals surface area contributed by atoms with E-state index in [-0.39, 0.29) is 4.90 Å². The van der Waals surface area contributed by atoms with Gasteiger partial charge in [-0.2, -0.15) is 0 Å². The van der Waals surface area contributed by atoms with Crippen LogP contribution in [0.15, 0.2) is 32.9 Å². The van der Waals surface area contributed by atoms with Crippen molar-refractivity contribution in [3.63, 3.8) is 0 Å². The third-order valence-corrected chi connectivity index (χ3v) is 5.86. The normalized spacial score (nSPS) is 11.7. The van der Waals surface area contributed by atoms with Crippen molar-refractivity contribution in [2.75, 3.05) is 12.3 Å². The molecule has 2 aromatic rings. The Morgan fingerprint density at radius 1 is 1.45 bits per heavy atom. The summed E-state index contributed by atoms with van der Waals surface area (Å²) < 4.78 is 27.4. The number of rotatable bonds is 5. The third-order valence-electron chi connectivity index (χ3n) is 2.58. The summed E-state index contributed by atoms with van der Waals surface area (Å²) in [5.74, 6) is 0. The van der Waals surface area contributed by atoms with Gasteiger partial charge in [0.05, 0.1) is 15.6 Å². The Morgan fingerprint density at radius 3 is 2.85 bits per heavy atom. The lowest BCUT2D eigenvalue weighted by molar-refractivity contribution is 0.581. The molecule has 0 radical (unpaired) electrons. The van der Waals surface area contributed by atoms with E-state index in [0.29, 0.717) is 23.1 Å².